The number of carbonyl (C=O) groups is 1. The van der Waals surface area contributed by atoms with Gasteiger partial charge in [0, 0.05) is 12.0 Å². The molecule has 0 aliphatic carbocycles. The van der Waals surface area contributed by atoms with Gasteiger partial charge in [-0.05, 0) is 36.2 Å². The Bertz CT molecular complexity index is 910. The van der Waals surface area contributed by atoms with Gasteiger partial charge in [0.15, 0.2) is 11.6 Å². The van der Waals surface area contributed by atoms with E-state index in [1.165, 1.54) is 25.7 Å². The van der Waals surface area contributed by atoms with Crippen molar-refractivity contribution in [3.05, 3.63) is 72.6 Å². The minimum atomic E-state index is -0.181. The maximum atomic E-state index is 12.0. The highest BCUT2D eigenvalue weighted by Gasteiger charge is 2.07. The highest BCUT2D eigenvalue weighted by Crippen LogP contribution is 2.21. The van der Waals surface area contributed by atoms with E-state index in [1.54, 1.807) is 24.5 Å². The van der Waals surface area contributed by atoms with Gasteiger partial charge in [0.2, 0.25) is 0 Å². The molecule has 0 saturated heterocycles. The molecule has 1 heterocycles. The van der Waals surface area contributed by atoms with Crippen molar-refractivity contribution in [1.29, 1.82) is 0 Å². The molecule has 5 heteroatoms. The van der Waals surface area contributed by atoms with E-state index in [0.29, 0.717) is 30.4 Å². The van der Waals surface area contributed by atoms with Crippen molar-refractivity contribution < 1.29 is 14.3 Å². The largest absolute Gasteiger partial charge is 0.486 e. The summed E-state index contributed by atoms with van der Waals surface area (Å²) in [5, 5.41) is 0. The highest BCUT2D eigenvalue weighted by atomic mass is 16.5. The highest BCUT2D eigenvalue weighted by molar-refractivity contribution is 5.72. The Morgan fingerprint density at radius 3 is 2.19 bits per heavy atom. The summed E-state index contributed by atoms with van der Waals surface area (Å²) in [7, 11) is 0. The smallest absolute Gasteiger partial charge is 0.311 e. The van der Waals surface area contributed by atoms with Crippen LogP contribution in [0.2, 0.25) is 0 Å². The number of nitrogens with zero attached hydrogens (tertiary/aromatic N) is 2. The van der Waals surface area contributed by atoms with Crippen LogP contribution in [0.3, 0.4) is 0 Å². The third kappa shape index (κ3) is 7.85. The lowest BCUT2D eigenvalue weighted by atomic mass is 10.1. The molecule has 0 fully saturated rings. The van der Waals surface area contributed by atoms with Crippen LogP contribution >= 0.6 is 0 Å². The van der Waals surface area contributed by atoms with E-state index in [1.807, 2.05) is 42.5 Å². The zero-order chi connectivity index (χ0) is 21.7. The molecule has 0 unspecified atom stereocenters. The predicted octanol–water partition coefficient (Wildman–Crippen LogP) is 6.38. The van der Waals surface area contributed by atoms with E-state index in [4.69, 9.17) is 9.47 Å². The molecule has 0 amide bonds. The maximum Gasteiger partial charge on any atom is 0.311 e. The first kappa shape index (κ1) is 22.5. The number of esters is 1. The van der Waals surface area contributed by atoms with Gasteiger partial charge >= 0.3 is 5.97 Å². The summed E-state index contributed by atoms with van der Waals surface area (Å²) < 4.78 is 11.1. The SMILES string of the molecule is CCCCCCCCC(=O)Oc1ccc(-c2ncc(OCc3ccccc3)cn2)cc1. The Labute approximate surface area is 184 Å². The van der Waals surface area contributed by atoms with Gasteiger partial charge in [-0.1, -0.05) is 69.4 Å². The van der Waals surface area contributed by atoms with E-state index < -0.39 is 0 Å². The average molecular weight is 419 g/mol. The molecule has 5 nitrogen and oxygen atoms in total. The molecular weight excluding hydrogens is 388 g/mol. The summed E-state index contributed by atoms with van der Waals surface area (Å²) in [6, 6.07) is 17.2. The Hall–Kier alpha value is -3.21. The maximum absolute atomic E-state index is 12.0. The number of hydrogen-bond donors (Lipinski definition) is 0. The Balaban J connectivity index is 1.44. The van der Waals surface area contributed by atoms with Crippen molar-refractivity contribution >= 4 is 5.97 Å². The quantitative estimate of drug-likeness (QED) is 0.194. The number of unbranched alkanes of at least 4 members (excludes halogenated alkanes) is 5. The Kier molecular flexibility index (Phi) is 9.05. The van der Waals surface area contributed by atoms with Crippen molar-refractivity contribution in [2.24, 2.45) is 0 Å². The van der Waals surface area contributed by atoms with E-state index >= 15 is 0 Å². The van der Waals surface area contributed by atoms with Crippen molar-refractivity contribution in [2.75, 3.05) is 0 Å². The minimum Gasteiger partial charge on any atom is -0.486 e. The lowest BCUT2D eigenvalue weighted by Crippen LogP contribution is -2.07. The van der Waals surface area contributed by atoms with Crippen molar-refractivity contribution in [3.8, 4) is 22.9 Å². The molecule has 0 N–H and O–H groups in total. The summed E-state index contributed by atoms with van der Waals surface area (Å²) in [5.41, 5.74) is 1.94. The Morgan fingerprint density at radius 2 is 1.48 bits per heavy atom. The molecule has 0 spiro atoms. The molecule has 1 aromatic heterocycles. The molecule has 0 bridgehead atoms. The first-order valence-electron chi connectivity index (χ1n) is 11.0. The molecule has 0 aliphatic heterocycles. The molecule has 162 valence electrons. The van der Waals surface area contributed by atoms with Gasteiger partial charge in [0.05, 0.1) is 12.4 Å². The molecule has 3 rings (SSSR count). The third-order valence-corrected chi connectivity index (χ3v) is 4.96. The molecule has 0 aliphatic rings. The summed E-state index contributed by atoms with van der Waals surface area (Å²) in [6.45, 7) is 2.67. The topological polar surface area (TPSA) is 61.3 Å². The van der Waals surface area contributed by atoms with Crippen LogP contribution in [0.5, 0.6) is 11.5 Å². The molecular formula is C26H30N2O3. The van der Waals surface area contributed by atoms with Gasteiger partial charge < -0.3 is 9.47 Å². The average Bonchev–Trinajstić information content (AvgIpc) is 2.81. The van der Waals surface area contributed by atoms with Crippen LogP contribution in [0.25, 0.3) is 11.4 Å². The zero-order valence-corrected chi connectivity index (χ0v) is 18.1. The van der Waals surface area contributed by atoms with Crippen LogP contribution in [0.4, 0.5) is 0 Å². The van der Waals surface area contributed by atoms with Gasteiger partial charge in [0.25, 0.3) is 0 Å². The monoisotopic (exact) mass is 418 g/mol. The van der Waals surface area contributed by atoms with E-state index in [0.717, 1.165) is 24.0 Å². The number of carbonyl (C=O) groups excluding carboxylic acids is 1. The van der Waals surface area contributed by atoms with Gasteiger partial charge in [-0.15, -0.1) is 0 Å². The fourth-order valence-corrected chi connectivity index (χ4v) is 3.18. The van der Waals surface area contributed by atoms with Crippen molar-refractivity contribution in [1.82, 2.24) is 9.97 Å². The number of hydrogen-bond acceptors (Lipinski definition) is 5. The molecule has 0 atom stereocenters. The van der Waals surface area contributed by atoms with Gasteiger partial charge in [0.1, 0.15) is 12.4 Å². The lowest BCUT2D eigenvalue weighted by Gasteiger charge is -2.07. The van der Waals surface area contributed by atoms with Crippen LogP contribution in [-0.2, 0) is 11.4 Å². The van der Waals surface area contributed by atoms with E-state index in [9.17, 15) is 4.79 Å². The predicted molar refractivity (Wildman–Crippen MR) is 122 cm³/mol. The van der Waals surface area contributed by atoms with Crippen molar-refractivity contribution in [2.45, 2.75) is 58.5 Å². The third-order valence-electron chi connectivity index (χ3n) is 4.96. The molecule has 0 saturated carbocycles. The number of aromatic nitrogens is 2. The second-order valence-electron chi connectivity index (χ2n) is 7.53. The van der Waals surface area contributed by atoms with E-state index in [2.05, 4.69) is 16.9 Å². The first-order valence-corrected chi connectivity index (χ1v) is 11.0. The van der Waals surface area contributed by atoms with Crippen LogP contribution in [0.1, 0.15) is 57.4 Å². The van der Waals surface area contributed by atoms with Gasteiger partial charge in [-0.25, -0.2) is 9.97 Å². The molecule has 2 aromatic carbocycles. The summed E-state index contributed by atoms with van der Waals surface area (Å²) in [5.74, 6) is 1.58. The van der Waals surface area contributed by atoms with Crippen LogP contribution in [0, 0.1) is 0 Å². The molecule has 3 aromatic rings. The standard InChI is InChI=1S/C26H30N2O3/c1-2-3-4-5-6-10-13-25(29)31-23-16-14-22(15-17-23)26-27-18-24(19-28-26)30-20-21-11-8-7-9-12-21/h7-9,11-12,14-19H,2-6,10,13,20H2,1H3. The van der Waals surface area contributed by atoms with Crippen LogP contribution < -0.4 is 9.47 Å². The second-order valence-corrected chi connectivity index (χ2v) is 7.53. The Morgan fingerprint density at radius 1 is 0.806 bits per heavy atom. The first-order chi connectivity index (χ1) is 15.2. The van der Waals surface area contributed by atoms with Crippen LogP contribution in [-0.4, -0.2) is 15.9 Å². The second kappa shape index (κ2) is 12.5. The van der Waals surface area contributed by atoms with Gasteiger partial charge in [-0.3, -0.25) is 4.79 Å². The number of ether oxygens (including phenoxy) is 2. The number of benzene rings is 2. The lowest BCUT2D eigenvalue weighted by molar-refractivity contribution is -0.134. The minimum absolute atomic E-state index is 0.181. The fraction of sp³-hybridized carbons (Fsp3) is 0.346. The summed E-state index contributed by atoms with van der Waals surface area (Å²) in [4.78, 5) is 20.8. The molecule has 31 heavy (non-hydrogen) atoms. The summed E-state index contributed by atoms with van der Waals surface area (Å²) in [6.07, 6.45) is 10.7. The normalized spacial score (nSPS) is 10.6. The van der Waals surface area contributed by atoms with Crippen molar-refractivity contribution in [3.63, 3.8) is 0 Å². The van der Waals surface area contributed by atoms with Crippen LogP contribution in [0.15, 0.2) is 67.0 Å². The zero-order valence-electron chi connectivity index (χ0n) is 18.1. The van der Waals surface area contributed by atoms with Gasteiger partial charge in [-0.2, -0.15) is 0 Å². The summed E-state index contributed by atoms with van der Waals surface area (Å²) >= 11 is 0. The van der Waals surface area contributed by atoms with E-state index in [-0.39, 0.29) is 5.97 Å². The fourth-order valence-electron chi connectivity index (χ4n) is 3.18. The molecule has 0 radical (unpaired) electrons. The number of rotatable bonds is 12.